The van der Waals surface area contributed by atoms with Gasteiger partial charge in [-0.3, -0.25) is 0 Å². The Labute approximate surface area is 165 Å². The van der Waals surface area contributed by atoms with Crippen LogP contribution in [0.1, 0.15) is 16.1 Å². The molecule has 0 aliphatic heterocycles. The fourth-order valence-electron chi connectivity index (χ4n) is 1.36. The van der Waals surface area contributed by atoms with E-state index in [9.17, 15) is 18.0 Å². The van der Waals surface area contributed by atoms with Crippen LogP contribution >= 0.6 is 11.6 Å². The van der Waals surface area contributed by atoms with Gasteiger partial charge < -0.3 is 4.74 Å². The molecule has 9 heteroatoms. The third-order valence-corrected chi connectivity index (χ3v) is 2.42. The van der Waals surface area contributed by atoms with Crippen molar-refractivity contribution < 1.29 is 22.7 Å². The minimum atomic E-state index is -4.58. The van der Waals surface area contributed by atoms with Gasteiger partial charge in [0, 0.05) is 11.2 Å². The van der Waals surface area contributed by atoms with Crippen molar-refractivity contribution in [3.63, 3.8) is 0 Å². The predicted octanol–water partition coefficient (Wildman–Crippen LogP) is 2.72. The molecule has 0 unspecified atom stereocenters. The van der Waals surface area contributed by atoms with Crippen LogP contribution in [0, 0.1) is 0 Å². The topological polar surface area (TPSA) is 52.1 Å². The average molecular weight is 343 g/mol. The normalized spacial score (nSPS) is 10.7. The Bertz CT molecular complexity index is 638. The molecule has 0 amide bonds. The summed E-state index contributed by atoms with van der Waals surface area (Å²) in [5.41, 5.74) is -1.08. The minimum absolute atomic E-state index is 0. The fraction of sp³-hybridized carbons (Fsp3) is 0.0833. The number of alkyl halides is 3. The van der Waals surface area contributed by atoms with Gasteiger partial charge >= 0.3 is 63.5 Å². The predicted molar refractivity (Wildman–Crippen MR) is 70.6 cm³/mol. The van der Waals surface area contributed by atoms with Gasteiger partial charge in [0.25, 0.3) is 0 Å². The number of carbonyl (C=O) groups excluding carboxylic acids is 1. The number of aromatic nitrogens is 2. The molecule has 0 saturated carbocycles. The van der Waals surface area contributed by atoms with Gasteiger partial charge in [0.1, 0.15) is 12.1 Å². The van der Waals surface area contributed by atoms with Crippen LogP contribution in [0.4, 0.5) is 13.2 Å². The zero-order valence-corrected chi connectivity index (χ0v) is 10.4. The van der Waals surface area contributed by atoms with Gasteiger partial charge in [-0.2, -0.15) is 13.2 Å². The molecule has 4 nitrogen and oxygen atoms in total. The Morgan fingerprint density at radius 3 is 2.52 bits per heavy atom. The van der Waals surface area contributed by atoms with Crippen LogP contribution in [0.5, 0.6) is 5.75 Å². The van der Waals surface area contributed by atoms with Gasteiger partial charge in [0.2, 0.25) is 0 Å². The van der Waals surface area contributed by atoms with E-state index in [0.717, 1.165) is 18.5 Å². The summed E-state index contributed by atoms with van der Waals surface area (Å²) < 4.78 is 42.6. The van der Waals surface area contributed by atoms with Crippen LogP contribution in [0.15, 0.2) is 36.8 Å². The number of halogens is 4. The molecular formula is C12H7ClF3KN2O2. The molecule has 21 heavy (non-hydrogen) atoms. The molecule has 0 fully saturated rings. The monoisotopic (exact) mass is 342 g/mol. The van der Waals surface area contributed by atoms with E-state index in [1.165, 1.54) is 12.3 Å². The zero-order chi connectivity index (χ0) is 14.8. The van der Waals surface area contributed by atoms with E-state index < -0.39 is 17.7 Å². The molecule has 0 radical (unpaired) electrons. The maximum atomic E-state index is 12.6. The third kappa shape index (κ3) is 5.31. The molecule has 0 bridgehead atoms. The molecule has 0 spiro atoms. The Morgan fingerprint density at radius 1 is 1.24 bits per heavy atom. The van der Waals surface area contributed by atoms with E-state index in [1.807, 2.05) is 0 Å². The molecule has 0 aliphatic carbocycles. The van der Waals surface area contributed by atoms with E-state index in [-0.39, 0.29) is 67.9 Å². The van der Waals surface area contributed by atoms with Crippen molar-refractivity contribution in [3.05, 3.63) is 53.1 Å². The first-order valence-electron chi connectivity index (χ1n) is 5.22. The van der Waals surface area contributed by atoms with E-state index >= 15 is 0 Å². The molecule has 106 valence electrons. The van der Waals surface area contributed by atoms with Gasteiger partial charge in [-0.15, -0.1) is 0 Å². The molecule has 0 N–H and O–H groups in total. The summed E-state index contributed by atoms with van der Waals surface area (Å²) in [5, 5.41) is -0.190. The number of rotatable bonds is 2. The Kier molecular flexibility index (Phi) is 6.76. The van der Waals surface area contributed by atoms with Crippen molar-refractivity contribution in [1.29, 1.82) is 0 Å². The van der Waals surface area contributed by atoms with Crippen LogP contribution < -0.4 is 4.74 Å². The molecule has 0 atom stereocenters. The number of nitrogens with zero attached hydrogens (tertiary/aromatic N) is 2. The van der Waals surface area contributed by atoms with Crippen LogP contribution in [0.2, 0.25) is 5.02 Å². The summed E-state index contributed by atoms with van der Waals surface area (Å²) in [5.74, 6) is -1.21. The van der Waals surface area contributed by atoms with Crippen molar-refractivity contribution in [2.45, 2.75) is 6.18 Å². The number of benzene rings is 1. The van der Waals surface area contributed by atoms with Crippen molar-refractivity contribution in [2.24, 2.45) is 0 Å². The first kappa shape index (κ1) is 18.5. The standard InChI is InChI=1S/C12H6ClF3N2O2.K.H/c13-8-3-7(12(14,15)16)4-9(5-8)20-11(19)10-1-2-17-6-18-10;;/h1-6H;;. The molecule has 2 rings (SSSR count). The number of esters is 1. The second-order valence-corrected chi connectivity index (χ2v) is 4.09. The van der Waals surface area contributed by atoms with Gasteiger partial charge in [0.15, 0.2) is 5.69 Å². The summed E-state index contributed by atoms with van der Waals surface area (Å²) in [6.45, 7) is 0. The van der Waals surface area contributed by atoms with E-state index in [1.54, 1.807) is 0 Å². The van der Waals surface area contributed by atoms with Crippen LogP contribution in [0.3, 0.4) is 0 Å². The Hall–Kier alpha value is -0.514. The van der Waals surface area contributed by atoms with Crippen LogP contribution in [-0.4, -0.2) is 67.3 Å². The second kappa shape index (κ2) is 7.66. The van der Waals surface area contributed by atoms with Crippen molar-refractivity contribution >= 4 is 69.0 Å². The summed E-state index contributed by atoms with van der Waals surface area (Å²) in [6.07, 6.45) is -2.15. The maximum absolute atomic E-state index is 12.6. The van der Waals surface area contributed by atoms with Crippen LogP contribution in [-0.2, 0) is 6.18 Å². The summed E-state index contributed by atoms with van der Waals surface area (Å²) in [4.78, 5) is 18.9. The SMILES string of the molecule is O=C(Oc1cc(Cl)cc(C(F)(F)F)c1)c1ccncn1.[KH]. The van der Waals surface area contributed by atoms with Gasteiger partial charge in [-0.1, -0.05) is 11.6 Å². The summed E-state index contributed by atoms with van der Waals surface area (Å²) in [7, 11) is 0. The van der Waals surface area contributed by atoms with Gasteiger partial charge in [-0.05, 0) is 24.3 Å². The number of carbonyl (C=O) groups is 1. The summed E-state index contributed by atoms with van der Waals surface area (Å²) >= 11 is 5.57. The van der Waals surface area contributed by atoms with E-state index in [0.29, 0.717) is 6.07 Å². The van der Waals surface area contributed by atoms with E-state index in [2.05, 4.69) is 9.97 Å². The quantitative estimate of drug-likeness (QED) is 0.478. The van der Waals surface area contributed by atoms with Crippen LogP contribution in [0.25, 0.3) is 0 Å². The number of ether oxygens (including phenoxy) is 1. The first-order valence-corrected chi connectivity index (χ1v) is 5.60. The van der Waals surface area contributed by atoms with Crippen molar-refractivity contribution in [1.82, 2.24) is 9.97 Å². The third-order valence-electron chi connectivity index (χ3n) is 2.20. The fourth-order valence-corrected chi connectivity index (χ4v) is 1.58. The molecule has 2 aromatic rings. The van der Waals surface area contributed by atoms with Crippen molar-refractivity contribution in [2.75, 3.05) is 0 Å². The van der Waals surface area contributed by atoms with E-state index in [4.69, 9.17) is 16.3 Å². The number of hydrogen-bond acceptors (Lipinski definition) is 4. The molecule has 1 aromatic heterocycles. The zero-order valence-electron chi connectivity index (χ0n) is 9.69. The first-order chi connectivity index (χ1) is 9.36. The van der Waals surface area contributed by atoms with Crippen molar-refractivity contribution in [3.8, 4) is 5.75 Å². The molecule has 0 saturated heterocycles. The number of hydrogen-bond donors (Lipinski definition) is 0. The Balaban J connectivity index is 0.00000220. The summed E-state index contributed by atoms with van der Waals surface area (Å²) in [6, 6.07) is 3.81. The molecule has 0 aliphatic rings. The molecular weight excluding hydrogens is 336 g/mol. The molecule has 1 aromatic carbocycles. The Morgan fingerprint density at radius 2 is 1.95 bits per heavy atom. The molecule has 1 heterocycles. The second-order valence-electron chi connectivity index (χ2n) is 3.66. The van der Waals surface area contributed by atoms with Gasteiger partial charge in [-0.25, -0.2) is 14.8 Å². The average Bonchev–Trinajstić information content (AvgIpc) is 2.38. The van der Waals surface area contributed by atoms with Gasteiger partial charge in [0.05, 0.1) is 5.56 Å².